The number of allylic oxidation sites excluding steroid dienone is 1. The van der Waals surface area contributed by atoms with E-state index >= 15 is 0 Å². The highest BCUT2D eigenvalue weighted by Crippen LogP contribution is 2.42. The van der Waals surface area contributed by atoms with Crippen LogP contribution in [0.5, 0.6) is 0 Å². The van der Waals surface area contributed by atoms with Gasteiger partial charge in [-0.3, -0.25) is 4.68 Å². The molecule has 0 saturated heterocycles. The van der Waals surface area contributed by atoms with Crippen LogP contribution in [-0.4, -0.2) is 22.4 Å². The third-order valence-corrected chi connectivity index (χ3v) is 3.67. The molecule has 2 aliphatic rings. The van der Waals surface area contributed by atoms with Gasteiger partial charge in [0, 0.05) is 25.0 Å². The summed E-state index contributed by atoms with van der Waals surface area (Å²) in [7, 11) is 0. The SMILES string of the molecule is C1=CC2C(C1)CC2NCCn1cccn1. The molecule has 3 atom stereocenters. The summed E-state index contributed by atoms with van der Waals surface area (Å²) in [5.41, 5.74) is 0. The topological polar surface area (TPSA) is 29.9 Å². The quantitative estimate of drug-likeness (QED) is 0.750. The van der Waals surface area contributed by atoms with Crippen LogP contribution in [0.1, 0.15) is 12.8 Å². The molecule has 0 spiro atoms. The Morgan fingerprint density at radius 3 is 3.27 bits per heavy atom. The fraction of sp³-hybridized carbons (Fsp3) is 0.583. The van der Waals surface area contributed by atoms with Gasteiger partial charge in [-0.05, 0) is 30.7 Å². The zero-order valence-corrected chi connectivity index (χ0v) is 8.84. The van der Waals surface area contributed by atoms with Crippen molar-refractivity contribution in [3.63, 3.8) is 0 Å². The van der Waals surface area contributed by atoms with Gasteiger partial charge in [0.15, 0.2) is 0 Å². The van der Waals surface area contributed by atoms with E-state index in [-0.39, 0.29) is 0 Å². The molecule has 1 aromatic rings. The molecule has 3 rings (SSSR count). The van der Waals surface area contributed by atoms with E-state index < -0.39 is 0 Å². The summed E-state index contributed by atoms with van der Waals surface area (Å²) >= 11 is 0. The number of nitrogens with zero attached hydrogens (tertiary/aromatic N) is 2. The Hall–Kier alpha value is -1.09. The lowest BCUT2D eigenvalue weighted by Gasteiger charge is -2.40. The van der Waals surface area contributed by atoms with Gasteiger partial charge in [0.1, 0.15) is 0 Å². The number of fused-ring (bicyclic) bond motifs is 1. The van der Waals surface area contributed by atoms with E-state index in [1.54, 1.807) is 0 Å². The highest BCUT2D eigenvalue weighted by atomic mass is 15.3. The maximum Gasteiger partial charge on any atom is 0.0534 e. The molecule has 3 unspecified atom stereocenters. The number of rotatable bonds is 4. The van der Waals surface area contributed by atoms with Crippen LogP contribution in [0.25, 0.3) is 0 Å². The van der Waals surface area contributed by atoms with Gasteiger partial charge < -0.3 is 5.32 Å². The maximum absolute atomic E-state index is 4.19. The molecule has 2 aliphatic carbocycles. The van der Waals surface area contributed by atoms with Gasteiger partial charge in [-0.25, -0.2) is 0 Å². The van der Waals surface area contributed by atoms with Crippen LogP contribution >= 0.6 is 0 Å². The number of hydrogen-bond donors (Lipinski definition) is 1. The first-order chi connectivity index (χ1) is 7.43. The van der Waals surface area contributed by atoms with Gasteiger partial charge in [0.2, 0.25) is 0 Å². The van der Waals surface area contributed by atoms with Crippen molar-refractivity contribution in [1.82, 2.24) is 15.1 Å². The Morgan fingerprint density at radius 2 is 2.47 bits per heavy atom. The van der Waals surface area contributed by atoms with Crippen LogP contribution in [0.2, 0.25) is 0 Å². The molecule has 0 aromatic carbocycles. The molecule has 0 aliphatic heterocycles. The monoisotopic (exact) mass is 203 g/mol. The van der Waals surface area contributed by atoms with Gasteiger partial charge in [0.25, 0.3) is 0 Å². The maximum atomic E-state index is 4.19. The zero-order chi connectivity index (χ0) is 10.1. The van der Waals surface area contributed by atoms with E-state index in [9.17, 15) is 0 Å². The predicted octanol–water partition coefficient (Wildman–Crippen LogP) is 1.44. The summed E-state index contributed by atoms with van der Waals surface area (Å²) in [6.45, 7) is 2.01. The molecule has 0 bridgehead atoms. The Morgan fingerprint density at radius 1 is 1.47 bits per heavy atom. The molecular weight excluding hydrogens is 186 g/mol. The molecule has 3 heteroatoms. The third kappa shape index (κ3) is 1.72. The van der Waals surface area contributed by atoms with E-state index in [1.165, 1.54) is 12.8 Å². The second-order valence-corrected chi connectivity index (χ2v) is 4.57. The van der Waals surface area contributed by atoms with Crippen LogP contribution in [0.4, 0.5) is 0 Å². The molecule has 15 heavy (non-hydrogen) atoms. The normalized spacial score (nSPS) is 32.7. The molecule has 1 aromatic heterocycles. The lowest BCUT2D eigenvalue weighted by Crippen LogP contribution is -2.48. The summed E-state index contributed by atoms with van der Waals surface area (Å²) in [6.07, 6.45) is 11.2. The molecule has 1 fully saturated rings. The summed E-state index contributed by atoms with van der Waals surface area (Å²) in [5, 5.41) is 7.80. The zero-order valence-electron chi connectivity index (χ0n) is 8.84. The van der Waals surface area contributed by atoms with Gasteiger partial charge in [0.05, 0.1) is 6.54 Å². The van der Waals surface area contributed by atoms with E-state index in [0.29, 0.717) is 0 Å². The molecular formula is C12H17N3. The standard InChI is InChI=1S/C12H17N3/c1-3-10-9-12(11(10)4-1)13-6-8-15-7-2-5-14-15/h1-2,4-5,7,10-13H,3,6,8-9H2. The van der Waals surface area contributed by atoms with Crippen LogP contribution in [0, 0.1) is 11.8 Å². The Labute approximate surface area is 90.2 Å². The molecule has 1 N–H and O–H groups in total. The van der Waals surface area contributed by atoms with Crippen molar-refractivity contribution in [2.24, 2.45) is 11.8 Å². The number of aromatic nitrogens is 2. The number of hydrogen-bond acceptors (Lipinski definition) is 2. The fourth-order valence-electron chi connectivity index (χ4n) is 2.74. The summed E-state index contributed by atoms with van der Waals surface area (Å²) in [4.78, 5) is 0. The van der Waals surface area contributed by atoms with Crippen molar-refractivity contribution in [2.45, 2.75) is 25.4 Å². The summed E-state index contributed by atoms with van der Waals surface area (Å²) < 4.78 is 1.98. The average molecular weight is 203 g/mol. The van der Waals surface area contributed by atoms with E-state index in [1.807, 2.05) is 23.1 Å². The lowest BCUT2D eigenvalue weighted by atomic mass is 9.71. The van der Waals surface area contributed by atoms with Crippen molar-refractivity contribution in [2.75, 3.05) is 6.54 Å². The van der Waals surface area contributed by atoms with Crippen molar-refractivity contribution < 1.29 is 0 Å². The largest absolute Gasteiger partial charge is 0.312 e. The van der Waals surface area contributed by atoms with Gasteiger partial charge in [-0.15, -0.1) is 0 Å². The smallest absolute Gasteiger partial charge is 0.0534 e. The molecule has 1 saturated carbocycles. The highest BCUT2D eigenvalue weighted by molar-refractivity contribution is 5.12. The van der Waals surface area contributed by atoms with Crippen LogP contribution < -0.4 is 5.32 Å². The van der Waals surface area contributed by atoms with Crippen molar-refractivity contribution >= 4 is 0 Å². The Balaban J connectivity index is 1.42. The van der Waals surface area contributed by atoms with E-state index in [0.717, 1.165) is 31.0 Å². The first-order valence-corrected chi connectivity index (χ1v) is 5.81. The fourth-order valence-corrected chi connectivity index (χ4v) is 2.74. The Bertz CT molecular complexity index is 342. The molecule has 0 radical (unpaired) electrons. The van der Waals surface area contributed by atoms with Crippen LogP contribution in [-0.2, 0) is 6.54 Å². The van der Waals surface area contributed by atoms with Crippen LogP contribution in [0.3, 0.4) is 0 Å². The molecule has 0 amide bonds. The number of nitrogens with one attached hydrogen (secondary N) is 1. The minimum absolute atomic E-state index is 0.726. The summed E-state index contributed by atoms with van der Waals surface area (Å²) in [6, 6.07) is 2.70. The lowest BCUT2D eigenvalue weighted by molar-refractivity contribution is 0.162. The van der Waals surface area contributed by atoms with E-state index in [4.69, 9.17) is 0 Å². The molecule has 1 heterocycles. The average Bonchev–Trinajstić information content (AvgIpc) is 2.82. The first kappa shape index (κ1) is 9.16. The predicted molar refractivity (Wildman–Crippen MR) is 59.4 cm³/mol. The minimum atomic E-state index is 0.726. The van der Waals surface area contributed by atoms with Crippen molar-refractivity contribution in [3.8, 4) is 0 Å². The second-order valence-electron chi connectivity index (χ2n) is 4.57. The summed E-state index contributed by atoms with van der Waals surface area (Å²) in [5.74, 6) is 1.77. The van der Waals surface area contributed by atoms with Crippen molar-refractivity contribution in [3.05, 3.63) is 30.6 Å². The van der Waals surface area contributed by atoms with E-state index in [2.05, 4.69) is 22.6 Å². The molecule has 80 valence electrons. The third-order valence-electron chi connectivity index (χ3n) is 3.67. The second kappa shape index (κ2) is 3.81. The molecule has 3 nitrogen and oxygen atoms in total. The highest BCUT2D eigenvalue weighted by Gasteiger charge is 2.40. The first-order valence-electron chi connectivity index (χ1n) is 5.81. The Kier molecular flexibility index (Phi) is 2.33. The van der Waals surface area contributed by atoms with Gasteiger partial charge >= 0.3 is 0 Å². The van der Waals surface area contributed by atoms with Crippen molar-refractivity contribution in [1.29, 1.82) is 0 Å². The minimum Gasteiger partial charge on any atom is -0.312 e. The van der Waals surface area contributed by atoms with Gasteiger partial charge in [-0.1, -0.05) is 12.2 Å². The van der Waals surface area contributed by atoms with Crippen LogP contribution in [0.15, 0.2) is 30.6 Å². The van der Waals surface area contributed by atoms with Gasteiger partial charge in [-0.2, -0.15) is 5.10 Å².